The van der Waals surface area contributed by atoms with Crippen molar-refractivity contribution < 1.29 is 19.1 Å². The third-order valence-corrected chi connectivity index (χ3v) is 12.9. The second kappa shape index (κ2) is 17.4. The summed E-state index contributed by atoms with van der Waals surface area (Å²) in [6.07, 6.45) is 20.3. The van der Waals surface area contributed by atoms with Crippen LogP contribution in [0.4, 0.5) is 0 Å². The molecule has 8 heteroatoms. The predicted octanol–water partition coefficient (Wildman–Crippen LogP) is 10.3. The summed E-state index contributed by atoms with van der Waals surface area (Å²) in [6.45, 7) is 4.35. The van der Waals surface area contributed by atoms with Crippen LogP contribution in [0.3, 0.4) is 0 Å². The van der Waals surface area contributed by atoms with Gasteiger partial charge in [-0.2, -0.15) is 0 Å². The summed E-state index contributed by atoms with van der Waals surface area (Å²) in [6, 6.07) is 0. The number of ether oxygens (including phenoxy) is 2. The van der Waals surface area contributed by atoms with E-state index in [1.807, 2.05) is 0 Å². The van der Waals surface area contributed by atoms with Crippen LogP contribution in [0.15, 0.2) is 0 Å². The van der Waals surface area contributed by atoms with Gasteiger partial charge in [0, 0.05) is 33.0 Å². The summed E-state index contributed by atoms with van der Waals surface area (Å²) in [4.78, 5) is 24.0. The zero-order chi connectivity index (χ0) is 30.9. The molecule has 4 aliphatic rings. The third-order valence-electron chi connectivity index (χ3n) is 11.2. The maximum absolute atomic E-state index is 12.0. The zero-order valence-electron chi connectivity index (χ0n) is 26.5. The number of methoxy groups -OCH3 is 2. The molecule has 0 saturated heterocycles. The van der Waals surface area contributed by atoms with E-state index in [0.717, 1.165) is 38.5 Å². The number of hydrogen-bond acceptors (Lipinski definition) is 4. The molecule has 0 spiro atoms. The first kappa shape index (κ1) is 36.9. The lowest BCUT2D eigenvalue weighted by atomic mass is 9.72. The molecule has 244 valence electrons. The summed E-state index contributed by atoms with van der Waals surface area (Å²) in [7, 11) is 3.60. The Labute approximate surface area is 276 Å². The van der Waals surface area contributed by atoms with Gasteiger partial charge in [0.1, 0.15) is 0 Å². The van der Waals surface area contributed by atoms with Crippen LogP contribution in [0, 0.1) is 35.5 Å². The molecule has 0 N–H and O–H groups in total. The normalized spacial score (nSPS) is 33.0. The van der Waals surface area contributed by atoms with Crippen LogP contribution in [0.5, 0.6) is 0 Å². The molecule has 8 atom stereocenters. The van der Waals surface area contributed by atoms with Crippen LogP contribution in [-0.4, -0.2) is 46.7 Å². The van der Waals surface area contributed by atoms with E-state index >= 15 is 0 Å². The topological polar surface area (TPSA) is 52.6 Å². The maximum Gasteiger partial charge on any atom is 0.178 e. The molecule has 0 aromatic carbocycles. The Bertz CT molecular complexity index is 839. The fraction of sp³-hybridized carbons (Fsp3) is 0.941. The summed E-state index contributed by atoms with van der Waals surface area (Å²) in [5, 5.41) is 0. The zero-order valence-corrected chi connectivity index (χ0v) is 29.5. The minimum absolute atomic E-state index is 0.0458. The van der Waals surface area contributed by atoms with E-state index in [1.165, 1.54) is 57.8 Å². The second-order valence-corrected chi connectivity index (χ2v) is 16.5. The van der Waals surface area contributed by atoms with Crippen molar-refractivity contribution in [1.29, 1.82) is 0 Å². The molecule has 0 aliphatic heterocycles. The van der Waals surface area contributed by atoms with Gasteiger partial charge in [-0.25, -0.2) is 0 Å². The van der Waals surface area contributed by atoms with Crippen molar-refractivity contribution in [3.8, 4) is 0 Å². The number of carbonyl (C=O) groups excluding carboxylic acids is 2. The lowest BCUT2D eigenvalue weighted by Gasteiger charge is -2.36. The first-order valence-electron chi connectivity index (χ1n) is 16.9. The highest BCUT2D eigenvalue weighted by Gasteiger charge is 2.55. The van der Waals surface area contributed by atoms with Gasteiger partial charge in [-0.3, -0.25) is 9.59 Å². The average molecular weight is 671 g/mol. The molecule has 4 nitrogen and oxygen atoms in total. The van der Waals surface area contributed by atoms with Crippen molar-refractivity contribution in [1.82, 2.24) is 0 Å². The van der Waals surface area contributed by atoms with Crippen LogP contribution in [0.1, 0.15) is 129 Å². The average Bonchev–Trinajstić information content (AvgIpc) is 3.45. The first-order valence-corrected chi connectivity index (χ1v) is 18.4. The Morgan fingerprint density at radius 1 is 0.738 bits per heavy atom. The van der Waals surface area contributed by atoms with Gasteiger partial charge in [-0.1, -0.05) is 112 Å². The third kappa shape index (κ3) is 9.71. The van der Waals surface area contributed by atoms with E-state index in [0.29, 0.717) is 61.1 Å². The molecule has 8 unspecified atom stereocenters. The van der Waals surface area contributed by atoms with Crippen molar-refractivity contribution in [2.24, 2.45) is 35.5 Å². The first-order chi connectivity index (χ1) is 20.0. The molecule has 4 saturated carbocycles. The number of hydrogen-bond donors (Lipinski definition) is 0. The summed E-state index contributed by atoms with van der Waals surface area (Å²) >= 11 is 24.9. The number of rotatable bonds is 14. The second-order valence-electron chi connectivity index (χ2n) is 13.6. The van der Waals surface area contributed by atoms with E-state index in [2.05, 4.69) is 13.8 Å². The van der Waals surface area contributed by atoms with E-state index in [-0.39, 0.29) is 17.5 Å². The number of halogens is 4. The molecule has 0 amide bonds. The number of unbranched alkanes of at least 4 members (excludes halogenated alkanes) is 2. The van der Waals surface area contributed by atoms with Crippen molar-refractivity contribution in [3.63, 3.8) is 0 Å². The highest BCUT2D eigenvalue weighted by atomic mass is 35.5. The smallest absolute Gasteiger partial charge is 0.178 e. The lowest BCUT2D eigenvalue weighted by Crippen LogP contribution is -2.38. The SMILES string of the molecule is CCC(CCCCC1CCC2CC(Cl)(Cl)C(=O)CC12)OC.CCC(CCCCC1CCCC2C1CC(=O)C2(Cl)Cl)OC. The molecular formula is C34H56Cl4O4. The van der Waals surface area contributed by atoms with Crippen molar-refractivity contribution in [3.05, 3.63) is 0 Å². The monoisotopic (exact) mass is 668 g/mol. The van der Waals surface area contributed by atoms with Crippen LogP contribution in [0.2, 0.25) is 0 Å². The van der Waals surface area contributed by atoms with Gasteiger partial charge in [-0.05, 0) is 81.0 Å². The number of carbonyl (C=O) groups is 2. The highest BCUT2D eigenvalue weighted by molar-refractivity contribution is 6.59. The molecule has 4 fully saturated rings. The highest BCUT2D eigenvalue weighted by Crippen LogP contribution is 2.55. The molecule has 4 aliphatic carbocycles. The fourth-order valence-electron chi connectivity index (χ4n) is 8.56. The minimum Gasteiger partial charge on any atom is -0.381 e. The van der Waals surface area contributed by atoms with Crippen molar-refractivity contribution in [2.45, 2.75) is 150 Å². The van der Waals surface area contributed by atoms with Crippen LogP contribution < -0.4 is 0 Å². The van der Waals surface area contributed by atoms with Gasteiger partial charge < -0.3 is 9.47 Å². The number of fused-ring (bicyclic) bond motifs is 2. The molecular weight excluding hydrogens is 614 g/mol. The Hall–Kier alpha value is 0.420. The number of Topliss-reactive ketones (excluding diaryl/α,β-unsaturated/α-hetero) is 2. The van der Waals surface area contributed by atoms with Crippen LogP contribution >= 0.6 is 46.4 Å². The summed E-state index contributed by atoms with van der Waals surface area (Å²) in [5.74, 6) is 3.14. The Morgan fingerprint density at radius 3 is 1.83 bits per heavy atom. The van der Waals surface area contributed by atoms with Crippen molar-refractivity contribution in [2.75, 3.05) is 14.2 Å². The van der Waals surface area contributed by atoms with E-state index in [1.54, 1.807) is 14.2 Å². The number of alkyl halides is 4. The maximum atomic E-state index is 12.0. The molecule has 0 bridgehead atoms. The quantitative estimate of drug-likeness (QED) is 0.136. The van der Waals surface area contributed by atoms with Gasteiger partial charge in [-0.15, -0.1) is 0 Å². The standard InChI is InChI=1S/2C17H28Cl2O2/c1-3-13(21-2)9-5-4-7-12-8-6-10-15-14(12)11-16(20)17(15,18)19;1-3-14(21-2)7-5-4-6-12-8-9-13-11-17(18,19)16(20)10-15(12)13/h2*12-15H,3-11H2,1-2H3. The number of ketones is 2. The van der Waals surface area contributed by atoms with Gasteiger partial charge in [0.15, 0.2) is 20.2 Å². The van der Waals surface area contributed by atoms with E-state index < -0.39 is 8.67 Å². The fourth-order valence-corrected chi connectivity index (χ4v) is 9.81. The Morgan fingerprint density at radius 2 is 1.29 bits per heavy atom. The van der Waals surface area contributed by atoms with Crippen molar-refractivity contribution >= 4 is 58.0 Å². The van der Waals surface area contributed by atoms with Crippen LogP contribution in [-0.2, 0) is 19.1 Å². The molecule has 42 heavy (non-hydrogen) atoms. The van der Waals surface area contributed by atoms with Gasteiger partial charge in [0.05, 0.1) is 12.2 Å². The summed E-state index contributed by atoms with van der Waals surface area (Å²) < 4.78 is 8.63. The Balaban J connectivity index is 0.000000230. The van der Waals surface area contributed by atoms with Gasteiger partial charge in [0.25, 0.3) is 0 Å². The van der Waals surface area contributed by atoms with Gasteiger partial charge in [0.2, 0.25) is 0 Å². The van der Waals surface area contributed by atoms with E-state index in [9.17, 15) is 9.59 Å². The lowest BCUT2D eigenvalue weighted by molar-refractivity contribution is -0.123. The molecule has 0 aromatic heterocycles. The molecule has 0 heterocycles. The molecule has 4 rings (SSSR count). The summed E-state index contributed by atoms with van der Waals surface area (Å²) in [5.41, 5.74) is 0. The van der Waals surface area contributed by atoms with Crippen LogP contribution in [0.25, 0.3) is 0 Å². The minimum atomic E-state index is -1.11. The predicted molar refractivity (Wildman–Crippen MR) is 176 cm³/mol. The Kier molecular flexibility index (Phi) is 15.3. The molecule has 0 radical (unpaired) electrons. The van der Waals surface area contributed by atoms with E-state index in [4.69, 9.17) is 55.9 Å². The van der Waals surface area contributed by atoms with Gasteiger partial charge >= 0.3 is 0 Å². The largest absolute Gasteiger partial charge is 0.381 e. The molecule has 0 aromatic rings.